The fourth-order valence-corrected chi connectivity index (χ4v) is 6.76. The molecule has 0 aromatic heterocycles. The first kappa shape index (κ1) is 31.8. The van der Waals surface area contributed by atoms with E-state index in [9.17, 15) is 19.2 Å². The van der Waals surface area contributed by atoms with Crippen molar-refractivity contribution in [3.63, 3.8) is 0 Å². The van der Waals surface area contributed by atoms with Gasteiger partial charge in [-0.05, 0) is 0 Å². The summed E-state index contributed by atoms with van der Waals surface area (Å²) in [5.41, 5.74) is 0.841. The maximum absolute atomic E-state index is 13.5. The van der Waals surface area contributed by atoms with E-state index in [2.05, 4.69) is 10.6 Å². The molecule has 3 aromatic carbocycles. The Labute approximate surface area is 249 Å². The summed E-state index contributed by atoms with van der Waals surface area (Å²) < 4.78 is 12.4. The van der Waals surface area contributed by atoms with Gasteiger partial charge in [0.25, 0.3) is 0 Å². The molecule has 218 valence electrons. The van der Waals surface area contributed by atoms with Gasteiger partial charge >= 0.3 is 250 Å². The van der Waals surface area contributed by atoms with Crippen molar-refractivity contribution in [2.24, 2.45) is 11.8 Å². The molecular formula is C32H37IN2O6. The molecule has 3 aromatic rings. The number of rotatable bonds is 13. The number of hydrogen-bond acceptors (Lipinski definition) is 6. The van der Waals surface area contributed by atoms with Crippen molar-refractivity contribution < 1.29 is 25.3 Å². The molecule has 0 unspecified atom stereocenters. The van der Waals surface area contributed by atoms with Gasteiger partial charge in [0.2, 0.25) is 0 Å². The summed E-state index contributed by atoms with van der Waals surface area (Å²) in [5.74, 6) is -2.61. The number of nitrogens with one attached hydrogen (secondary N) is 2. The van der Waals surface area contributed by atoms with Crippen LogP contribution in [0.4, 0.5) is 0 Å². The molecule has 0 spiro atoms. The van der Waals surface area contributed by atoms with Gasteiger partial charge in [-0.25, -0.2) is 0 Å². The van der Waals surface area contributed by atoms with E-state index in [0.717, 1.165) is 0 Å². The molecule has 4 atom stereocenters. The van der Waals surface area contributed by atoms with Gasteiger partial charge in [0, 0.05) is 0 Å². The van der Waals surface area contributed by atoms with E-state index in [0.29, 0.717) is 27.5 Å². The molecule has 9 heteroatoms. The minimum absolute atomic E-state index is 0.239. The standard InChI is InChI=1S/C32H37IN2O6/c1-5-22(3)27(34-29(36)24-16-10-7-11-17-24)31(38)40-33(26-20-14-9-15-21-26)41-32(39)28(23(4)6-2)35-30(37)25-18-12-8-13-19-25/h7-23,27-28H,5-6H2,1-4H3,(H,34,36)(H,35,37)/t22-,23-,27-,28-/m0/s1. The molecule has 0 aliphatic carbocycles. The van der Waals surface area contributed by atoms with Crippen molar-refractivity contribution in [1.29, 1.82) is 0 Å². The van der Waals surface area contributed by atoms with Gasteiger partial charge in [0.1, 0.15) is 0 Å². The monoisotopic (exact) mass is 672 g/mol. The topological polar surface area (TPSA) is 111 Å². The van der Waals surface area contributed by atoms with Gasteiger partial charge in [-0.15, -0.1) is 0 Å². The van der Waals surface area contributed by atoms with E-state index >= 15 is 0 Å². The van der Waals surface area contributed by atoms with Crippen LogP contribution in [0.5, 0.6) is 0 Å². The Morgan fingerprint density at radius 3 is 1.29 bits per heavy atom. The van der Waals surface area contributed by atoms with Gasteiger partial charge in [-0.1, -0.05) is 0 Å². The fourth-order valence-electron chi connectivity index (χ4n) is 3.82. The molecule has 0 saturated heterocycles. The van der Waals surface area contributed by atoms with Crippen LogP contribution in [0.1, 0.15) is 61.3 Å². The van der Waals surface area contributed by atoms with Gasteiger partial charge < -0.3 is 0 Å². The molecule has 0 bridgehead atoms. The molecule has 2 N–H and O–H groups in total. The van der Waals surface area contributed by atoms with Crippen molar-refractivity contribution in [2.75, 3.05) is 0 Å². The van der Waals surface area contributed by atoms with Crippen LogP contribution >= 0.6 is 20.6 Å². The molecule has 41 heavy (non-hydrogen) atoms. The summed E-state index contributed by atoms with van der Waals surface area (Å²) in [5, 5.41) is 5.60. The van der Waals surface area contributed by atoms with Crippen LogP contribution in [0.3, 0.4) is 0 Å². The van der Waals surface area contributed by atoms with Crippen LogP contribution < -0.4 is 10.6 Å². The Kier molecular flexibility index (Phi) is 12.3. The summed E-state index contributed by atoms with van der Waals surface area (Å²) in [6.45, 7) is 7.53. The molecule has 0 saturated carbocycles. The van der Waals surface area contributed by atoms with Crippen molar-refractivity contribution in [3.05, 3.63) is 106 Å². The van der Waals surface area contributed by atoms with Crippen LogP contribution in [-0.4, -0.2) is 35.8 Å². The van der Waals surface area contributed by atoms with E-state index in [1.165, 1.54) is 0 Å². The summed E-state index contributed by atoms with van der Waals surface area (Å²) in [4.78, 5) is 52.9. The molecule has 0 aliphatic rings. The Bertz CT molecular complexity index is 1210. The second-order valence-corrected chi connectivity index (χ2v) is 13.1. The van der Waals surface area contributed by atoms with E-state index < -0.39 is 56.5 Å². The zero-order chi connectivity index (χ0) is 29.8. The molecule has 0 aliphatic heterocycles. The SMILES string of the molecule is CC[C@H](C)[C@H](NC(=O)c1ccccc1)C(=O)OI(OC(=O)[C@@H](NC(=O)c1ccccc1)[C@@H](C)CC)c1ccccc1. The average molecular weight is 673 g/mol. The van der Waals surface area contributed by atoms with Crippen LogP contribution in [-0.2, 0) is 15.7 Å². The number of amides is 2. The van der Waals surface area contributed by atoms with E-state index in [-0.39, 0.29) is 11.8 Å². The summed E-state index contributed by atoms with van der Waals surface area (Å²) >= 11 is -3.39. The number of carbonyl (C=O) groups excluding carboxylic acids is 4. The van der Waals surface area contributed by atoms with E-state index in [1.54, 1.807) is 84.9 Å². The van der Waals surface area contributed by atoms with Crippen LogP contribution in [0.25, 0.3) is 0 Å². The third kappa shape index (κ3) is 9.14. The normalized spacial score (nSPS) is 14.0. The summed E-state index contributed by atoms with van der Waals surface area (Å²) in [6, 6.07) is 24.2. The Balaban J connectivity index is 1.83. The number of benzene rings is 3. The van der Waals surface area contributed by atoms with Gasteiger partial charge in [0.15, 0.2) is 0 Å². The molecule has 8 nitrogen and oxygen atoms in total. The van der Waals surface area contributed by atoms with Gasteiger partial charge in [-0.3, -0.25) is 0 Å². The summed E-state index contributed by atoms with van der Waals surface area (Å²) in [7, 11) is 0. The number of carbonyl (C=O) groups is 4. The predicted octanol–water partition coefficient (Wildman–Crippen LogP) is 5.97. The third-order valence-electron chi connectivity index (χ3n) is 6.78. The van der Waals surface area contributed by atoms with Crippen LogP contribution in [0, 0.1) is 15.4 Å². The van der Waals surface area contributed by atoms with Crippen molar-refractivity contribution in [2.45, 2.75) is 52.6 Å². The maximum atomic E-state index is 13.5. The number of halogens is 1. The first-order valence-electron chi connectivity index (χ1n) is 13.7. The molecular weight excluding hydrogens is 635 g/mol. The van der Waals surface area contributed by atoms with Crippen molar-refractivity contribution in [1.82, 2.24) is 10.6 Å². The molecule has 2 amide bonds. The average Bonchev–Trinajstić information content (AvgIpc) is 3.02. The van der Waals surface area contributed by atoms with Crippen molar-refractivity contribution >= 4 is 44.4 Å². The minimum atomic E-state index is -3.39. The third-order valence-corrected chi connectivity index (χ3v) is 10.2. The molecule has 0 fully saturated rings. The molecule has 0 radical (unpaired) electrons. The Hall–Kier alpha value is -3.73. The van der Waals surface area contributed by atoms with Crippen molar-refractivity contribution in [3.8, 4) is 0 Å². The summed E-state index contributed by atoms with van der Waals surface area (Å²) in [6.07, 6.45) is 1.21. The van der Waals surface area contributed by atoms with Crippen LogP contribution in [0.15, 0.2) is 91.0 Å². The second-order valence-electron chi connectivity index (χ2n) is 9.71. The van der Waals surface area contributed by atoms with E-state index in [1.807, 2.05) is 33.8 Å². The Morgan fingerprint density at radius 2 is 0.951 bits per heavy atom. The predicted molar refractivity (Wildman–Crippen MR) is 166 cm³/mol. The molecule has 0 heterocycles. The zero-order valence-electron chi connectivity index (χ0n) is 23.7. The second kappa shape index (κ2) is 15.9. The van der Waals surface area contributed by atoms with E-state index in [4.69, 9.17) is 6.13 Å². The molecule has 3 rings (SSSR count). The van der Waals surface area contributed by atoms with Gasteiger partial charge in [-0.2, -0.15) is 0 Å². The fraction of sp³-hybridized carbons (Fsp3) is 0.312. The Morgan fingerprint density at radius 1 is 0.610 bits per heavy atom. The number of hydrogen-bond donors (Lipinski definition) is 2. The quantitative estimate of drug-likeness (QED) is 0.217. The van der Waals surface area contributed by atoms with Gasteiger partial charge in [0.05, 0.1) is 0 Å². The van der Waals surface area contributed by atoms with Crippen LogP contribution in [0.2, 0.25) is 0 Å². The zero-order valence-corrected chi connectivity index (χ0v) is 25.9. The first-order valence-corrected chi connectivity index (χ1v) is 16.5. The first-order chi connectivity index (χ1) is 19.7.